The van der Waals surface area contributed by atoms with Crippen LogP contribution in [-0.4, -0.2) is 22.3 Å². The second-order valence-corrected chi connectivity index (χ2v) is 3.34. The number of nitrogens with two attached hydrogens (primary N) is 1. The Morgan fingerprint density at radius 2 is 2.43 bits per heavy atom. The highest BCUT2D eigenvalue weighted by Crippen LogP contribution is 2.17. The van der Waals surface area contributed by atoms with Gasteiger partial charge in [-0.05, 0) is 0 Å². The van der Waals surface area contributed by atoms with Gasteiger partial charge in [-0.1, -0.05) is 6.08 Å². The van der Waals surface area contributed by atoms with E-state index in [0.717, 1.165) is 0 Å². The summed E-state index contributed by atoms with van der Waals surface area (Å²) in [5.74, 6) is -0.993. The zero-order chi connectivity index (χ0) is 10.6. The van der Waals surface area contributed by atoms with Crippen LogP contribution in [0.3, 0.4) is 0 Å². The molecule has 0 saturated carbocycles. The summed E-state index contributed by atoms with van der Waals surface area (Å²) in [5.41, 5.74) is 6.05. The van der Waals surface area contributed by atoms with Crippen LogP contribution in [-0.2, 0) is 9.59 Å². The molecule has 1 heterocycles. The van der Waals surface area contributed by atoms with Gasteiger partial charge in [-0.25, -0.2) is 4.98 Å². The van der Waals surface area contributed by atoms with Gasteiger partial charge in [0.25, 0.3) is 0 Å². The fourth-order valence-electron chi connectivity index (χ4n) is 0.831. The maximum atomic E-state index is 10.6. The second kappa shape index (κ2) is 4.52. The molecule has 0 amide bonds. The number of hydrogen-bond donors (Lipinski definition) is 2. The van der Waals surface area contributed by atoms with Crippen molar-refractivity contribution in [3.05, 3.63) is 17.2 Å². The Hall–Kier alpha value is -1.69. The van der Waals surface area contributed by atoms with Gasteiger partial charge in [0.1, 0.15) is 0 Å². The molecule has 0 saturated heterocycles. The highest BCUT2D eigenvalue weighted by Gasteiger charge is 2.05. The van der Waals surface area contributed by atoms with Gasteiger partial charge in [-0.15, -0.1) is 11.3 Å². The van der Waals surface area contributed by atoms with E-state index in [4.69, 9.17) is 10.8 Å². The Bertz CT molecular complexity index is 384. The Morgan fingerprint density at radius 3 is 2.86 bits per heavy atom. The Morgan fingerprint density at radius 1 is 1.71 bits per heavy atom. The average Bonchev–Trinajstić information content (AvgIpc) is 2.53. The molecule has 0 atom stereocenters. The van der Waals surface area contributed by atoms with E-state index in [9.17, 15) is 9.59 Å². The van der Waals surface area contributed by atoms with E-state index in [0.29, 0.717) is 17.1 Å². The predicted octanol–water partition coefficient (Wildman–Crippen LogP) is 0.782. The fraction of sp³-hybridized carbons (Fsp3) is 0.125. The summed E-state index contributed by atoms with van der Waals surface area (Å²) in [4.78, 5) is 24.7. The topological polar surface area (TPSA) is 93.3 Å². The van der Waals surface area contributed by atoms with E-state index >= 15 is 0 Å². The van der Waals surface area contributed by atoms with Gasteiger partial charge < -0.3 is 10.8 Å². The summed E-state index contributed by atoms with van der Waals surface area (Å²) < 4.78 is 0. The summed E-state index contributed by atoms with van der Waals surface area (Å²) in [6.45, 7) is 0. The smallest absolute Gasteiger partial charge is 0.307 e. The monoisotopic (exact) mass is 212 g/mol. The first-order valence-electron chi connectivity index (χ1n) is 3.72. The van der Waals surface area contributed by atoms with Crippen molar-refractivity contribution in [3.8, 4) is 0 Å². The molecular weight excluding hydrogens is 204 g/mol. The standard InChI is InChI=1S/C8H8N2O3S/c9-8-10-6(4-14-8)5(3-11)1-2-7(12)13/h1,3-4H,2H2,(H2,9,10)(H,12,13)/b5-1-. The molecule has 0 fully saturated rings. The number of aromatic nitrogens is 1. The van der Waals surface area contributed by atoms with Crippen LogP contribution in [0.1, 0.15) is 12.1 Å². The van der Waals surface area contributed by atoms with Gasteiger partial charge in [0.05, 0.1) is 12.1 Å². The van der Waals surface area contributed by atoms with E-state index in [1.807, 2.05) is 0 Å². The van der Waals surface area contributed by atoms with E-state index < -0.39 is 5.97 Å². The van der Waals surface area contributed by atoms with Crippen molar-refractivity contribution in [1.29, 1.82) is 0 Å². The van der Waals surface area contributed by atoms with Crippen molar-refractivity contribution in [2.24, 2.45) is 0 Å². The van der Waals surface area contributed by atoms with Crippen molar-refractivity contribution in [3.63, 3.8) is 0 Å². The molecular formula is C8H8N2O3S. The van der Waals surface area contributed by atoms with E-state index in [1.165, 1.54) is 17.4 Å². The summed E-state index contributed by atoms with van der Waals surface area (Å²) in [5, 5.41) is 10.4. The number of aliphatic carboxylic acids is 1. The summed E-state index contributed by atoms with van der Waals surface area (Å²) in [6, 6.07) is 0. The first-order chi connectivity index (χ1) is 6.63. The number of carbonyl (C=O) groups excluding carboxylic acids is 1. The number of carboxylic acid groups (broad SMARTS) is 1. The number of anilines is 1. The lowest BCUT2D eigenvalue weighted by molar-refractivity contribution is -0.135. The van der Waals surface area contributed by atoms with Crippen molar-refractivity contribution >= 4 is 34.3 Å². The Labute approximate surface area is 83.9 Å². The van der Waals surface area contributed by atoms with Crippen molar-refractivity contribution in [2.75, 3.05) is 5.73 Å². The quantitative estimate of drug-likeness (QED) is 0.568. The molecule has 6 heteroatoms. The SMILES string of the molecule is Nc1nc(/C(C=O)=C\CC(=O)O)cs1. The molecule has 1 aromatic rings. The number of rotatable bonds is 4. The molecule has 0 aliphatic rings. The molecule has 3 N–H and O–H groups in total. The van der Waals surface area contributed by atoms with Gasteiger partial charge in [-0.2, -0.15) is 0 Å². The minimum Gasteiger partial charge on any atom is -0.481 e. The molecule has 14 heavy (non-hydrogen) atoms. The number of thiazole rings is 1. The maximum absolute atomic E-state index is 10.6. The Balaban J connectivity index is 2.86. The maximum Gasteiger partial charge on any atom is 0.307 e. The van der Waals surface area contributed by atoms with Crippen LogP contribution in [0.5, 0.6) is 0 Å². The summed E-state index contributed by atoms with van der Waals surface area (Å²) >= 11 is 1.20. The van der Waals surface area contributed by atoms with Crippen LogP contribution in [0.25, 0.3) is 5.57 Å². The van der Waals surface area contributed by atoms with E-state index in [-0.39, 0.29) is 12.0 Å². The predicted molar refractivity (Wildman–Crippen MR) is 52.8 cm³/mol. The third kappa shape index (κ3) is 2.67. The Kier molecular flexibility index (Phi) is 3.35. The van der Waals surface area contributed by atoms with Gasteiger partial charge >= 0.3 is 5.97 Å². The minimum absolute atomic E-state index is 0.203. The molecule has 0 radical (unpaired) electrons. The molecule has 0 unspecified atom stereocenters. The van der Waals surface area contributed by atoms with Crippen LogP contribution in [0.4, 0.5) is 5.13 Å². The summed E-state index contributed by atoms with van der Waals surface area (Å²) in [7, 11) is 0. The molecule has 74 valence electrons. The molecule has 0 aliphatic carbocycles. The third-order valence-electron chi connectivity index (χ3n) is 1.44. The number of hydrogen-bond acceptors (Lipinski definition) is 5. The molecule has 0 bridgehead atoms. The van der Waals surface area contributed by atoms with Crippen LogP contribution in [0.15, 0.2) is 11.5 Å². The molecule has 1 rings (SSSR count). The number of nitrogen functional groups attached to an aromatic ring is 1. The lowest BCUT2D eigenvalue weighted by atomic mass is 10.2. The first kappa shape index (κ1) is 10.4. The number of carbonyl (C=O) groups is 2. The normalized spacial score (nSPS) is 11.3. The van der Waals surface area contributed by atoms with Gasteiger partial charge in [-0.3, -0.25) is 9.59 Å². The van der Waals surface area contributed by atoms with Crippen LogP contribution in [0, 0.1) is 0 Å². The molecule has 1 aromatic heterocycles. The zero-order valence-electron chi connectivity index (χ0n) is 7.14. The van der Waals surface area contributed by atoms with Gasteiger partial charge in [0, 0.05) is 11.0 Å². The minimum atomic E-state index is -0.993. The molecule has 5 nitrogen and oxygen atoms in total. The highest BCUT2D eigenvalue weighted by molar-refractivity contribution is 7.13. The van der Waals surface area contributed by atoms with Gasteiger partial charge in [0.2, 0.25) is 0 Å². The highest BCUT2D eigenvalue weighted by atomic mass is 32.1. The molecule has 0 spiro atoms. The van der Waals surface area contributed by atoms with Crippen LogP contribution >= 0.6 is 11.3 Å². The second-order valence-electron chi connectivity index (χ2n) is 2.45. The first-order valence-corrected chi connectivity index (χ1v) is 4.60. The average molecular weight is 212 g/mol. The number of aldehydes is 1. The van der Waals surface area contributed by atoms with E-state index in [1.54, 1.807) is 5.38 Å². The lowest BCUT2D eigenvalue weighted by Gasteiger charge is -1.92. The largest absolute Gasteiger partial charge is 0.481 e. The van der Waals surface area contributed by atoms with E-state index in [2.05, 4.69) is 4.98 Å². The van der Waals surface area contributed by atoms with Crippen LogP contribution in [0.2, 0.25) is 0 Å². The van der Waals surface area contributed by atoms with Crippen LogP contribution < -0.4 is 5.73 Å². The summed E-state index contributed by atoms with van der Waals surface area (Å²) in [6.07, 6.45) is 1.67. The third-order valence-corrected chi connectivity index (χ3v) is 2.12. The van der Waals surface area contributed by atoms with Gasteiger partial charge in [0.15, 0.2) is 11.4 Å². The van der Waals surface area contributed by atoms with Crippen molar-refractivity contribution in [2.45, 2.75) is 6.42 Å². The molecule has 0 aliphatic heterocycles. The fourth-order valence-corrected chi connectivity index (χ4v) is 1.40. The number of carboxylic acids is 1. The zero-order valence-corrected chi connectivity index (χ0v) is 7.95. The van der Waals surface area contributed by atoms with Crippen molar-refractivity contribution in [1.82, 2.24) is 4.98 Å². The van der Waals surface area contributed by atoms with Crippen molar-refractivity contribution < 1.29 is 14.7 Å². The lowest BCUT2D eigenvalue weighted by Crippen LogP contribution is -1.94. The molecule has 0 aromatic carbocycles. The number of nitrogens with zero attached hydrogens (tertiary/aromatic N) is 1. The number of allylic oxidation sites excluding steroid dienone is 1.